The van der Waals surface area contributed by atoms with Gasteiger partial charge in [-0.2, -0.15) is 0 Å². The number of nitrogens with zero attached hydrogens (tertiary/aromatic N) is 3. The lowest BCUT2D eigenvalue weighted by Crippen LogP contribution is -2.30. The fourth-order valence-corrected chi connectivity index (χ4v) is 1.89. The summed E-state index contributed by atoms with van der Waals surface area (Å²) in [5, 5.41) is 32.2. The van der Waals surface area contributed by atoms with Crippen molar-refractivity contribution >= 4 is 17.6 Å². The van der Waals surface area contributed by atoms with Crippen molar-refractivity contribution in [2.24, 2.45) is 10.9 Å². The van der Waals surface area contributed by atoms with Crippen LogP contribution in [0.25, 0.3) is 0 Å². The van der Waals surface area contributed by atoms with Crippen LogP contribution in [0.3, 0.4) is 0 Å². The van der Waals surface area contributed by atoms with Crippen molar-refractivity contribution in [2.45, 2.75) is 17.5 Å². The second kappa shape index (κ2) is 5.31. The van der Waals surface area contributed by atoms with E-state index in [1.54, 1.807) is 0 Å². The molecule has 1 aromatic rings. The molecule has 94 valence electrons. The Morgan fingerprint density at radius 1 is 1.53 bits per heavy atom. The summed E-state index contributed by atoms with van der Waals surface area (Å²) in [5.74, 6) is 0.581. The van der Waals surface area contributed by atoms with Crippen molar-refractivity contribution in [2.75, 3.05) is 12.3 Å². The summed E-state index contributed by atoms with van der Waals surface area (Å²) in [5.41, 5.74) is 5.59. The minimum atomic E-state index is -1.20. The van der Waals surface area contributed by atoms with Crippen LogP contribution in [0.2, 0.25) is 0 Å². The lowest BCUT2D eigenvalue weighted by Gasteiger charge is -2.05. The number of aromatic nitrogens is 2. The first kappa shape index (κ1) is 12.1. The van der Waals surface area contributed by atoms with E-state index in [0.29, 0.717) is 16.5 Å². The largest absolute Gasteiger partial charge is 0.391 e. The first-order chi connectivity index (χ1) is 8.20. The Hall–Kier alpha value is -1.36. The lowest BCUT2D eigenvalue weighted by atomic mass is 10.4. The molecule has 5 N–H and O–H groups in total. The van der Waals surface area contributed by atoms with E-state index in [9.17, 15) is 5.11 Å². The molecule has 1 aliphatic heterocycles. The maximum atomic E-state index is 9.32. The minimum Gasteiger partial charge on any atom is -0.391 e. The number of rotatable bonds is 5. The molecule has 1 aliphatic rings. The van der Waals surface area contributed by atoms with Crippen LogP contribution in [0.15, 0.2) is 14.8 Å². The normalized spacial score (nSPS) is 20.6. The van der Waals surface area contributed by atoms with Crippen molar-refractivity contribution in [3.05, 3.63) is 5.69 Å². The molecule has 0 aromatic carbocycles. The Balaban J connectivity index is 2.02. The standard InChI is InChI=1S/C7H11N5O4S/c8-1-3(13)2-17-6-4(10-16-12-6)5-9-7(14)15-11-5/h3,7,13-14H,1-2,8H2,(H,9,11). The summed E-state index contributed by atoms with van der Waals surface area (Å²) in [4.78, 5) is 4.54. The summed E-state index contributed by atoms with van der Waals surface area (Å²) in [6.45, 7) is 0.161. The monoisotopic (exact) mass is 261 g/mol. The Labute approximate surface area is 100.0 Å². The van der Waals surface area contributed by atoms with Gasteiger partial charge in [0.05, 0.1) is 6.10 Å². The number of oxime groups is 1. The van der Waals surface area contributed by atoms with E-state index in [0.717, 1.165) is 0 Å². The molecule has 0 amide bonds. The Morgan fingerprint density at radius 3 is 3.00 bits per heavy atom. The summed E-state index contributed by atoms with van der Waals surface area (Å²) in [6.07, 6.45) is -1.83. The predicted molar refractivity (Wildman–Crippen MR) is 56.8 cm³/mol. The average molecular weight is 261 g/mol. The van der Waals surface area contributed by atoms with Gasteiger partial charge in [0.2, 0.25) is 5.84 Å². The molecule has 10 heteroatoms. The van der Waals surface area contributed by atoms with E-state index in [2.05, 4.69) is 30.3 Å². The topological polar surface area (TPSA) is 139 Å². The SMILES string of the molecule is NCC(O)CSc1nonc1C1=NOC(O)N1. The van der Waals surface area contributed by atoms with Crippen LogP contribution in [0.4, 0.5) is 0 Å². The third-order valence-electron chi connectivity index (χ3n) is 1.87. The van der Waals surface area contributed by atoms with Gasteiger partial charge in [-0.3, -0.25) is 0 Å². The number of amidine groups is 1. The van der Waals surface area contributed by atoms with Gasteiger partial charge in [-0.05, 0) is 10.3 Å². The van der Waals surface area contributed by atoms with Crippen LogP contribution in [0, 0.1) is 0 Å². The molecule has 0 fully saturated rings. The molecule has 2 rings (SSSR count). The van der Waals surface area contributed by atoms with E-state index in [4.69, 9.17) is 10.8 Å². The quantitative estimate of drug-likeness (QED) is 0.445. The molecular weight excluding hydrogens is 250 g/mol. The number of nitrogens with two attached hydrogens (primary N) is 1. The molecular formula is C7H11N5O4S. The fraction of sp³-hybridized carbons (Fsp3) is 0.571. The molecule has 0 bridgehead atoms. The first-order valence-corrected chi connectivity index (χ1v) is 5.71. The molecule has 0 saturated carbocycles. The van der Waals surface area contributed by atoms with Gasteiger partial charge < -0.3 is 26.1 Å². The molecule has 2 unspecified atom stereocenters. The summed E-state index contributed by atoms with van der Waals surface area (Å²) in [6, 6.07) is 0. The van der Waals surface area contributed by atoms with Crippen molar-refractivity contribution in [3.8, 4) is 0 Å². The third kappa shape index (κ3) is 2.85. The molecule has 17 heavy (non-hydrogen) atoms. The maximum Gasteiger partial charge on any atom is 0.305 e. The Kier molecular flexibility index (Phi) is 3.78. The second-order valence-corrected chi connectivity index (χ2v) is 4.17. The smallest absolute Gasteiger partial charge is 0.305 e. The molecule has 0 spiro atoms. The number of hydrogen-bond acceptors (Lipinski definition) is 10. The van der Waals surface area contributed by atoms with E-state index < -0.39 is 12.5 Å². The highest BCUT2D eigenvalue weighted by Crippen LogP contribution is 2.21. The number of nitrogens with one attached hydrogen (secondary N) is 1. The van der Waals surface area contributed by atoms with Gasteiger partial charge in [-0.25, -0.2) is 4.63 Å². The molecule has 9 nitrogen and oxygen atoms in total. The Bertz CT molecular complexity index is 411. The van der Waals surface area contributed by atoms with Gasteiger partial charge in [0.15, 0.2) is 10.7 Å². The van der Waals surface area contributed by atoms with E-state index in [1.165, 1.54) is 11.8 Å². The molecule has 0 aliphatic carbocycles. The van der Waals surface area contributed by atoms with Crippen molar-refractivity contribution < 1.29 is 19.7 Å². The number of aliphatic hydroxyl groups is 2. The molecule has 2 heterocycles. The molecule has 2 atom stereocenters. The Morgan fingerprint density at radius 2 is 2.35 bits per heavy atom. The lowest BCUT2D eigenvalue weighted by molar-refractivity contribution is -0.0896. The summed E-state index contributed by atoms with van der Waals surface area (Å²) in [7, 11) is 0. The number of aliphatic hydroxyl groups excluding tert-OH is 2. The van der Waals surface area contributed by atoms with Gasteiger partial charge >= 0.3 is 6.41 Å². The van der Waals surface area contributed by atoms with E-state index in [-0.39, 0.29) is 12.4 Å². The highest BCUT2D eigenvalue weighted by molar-refractivity contribution is 7.99. The molecule has 1 aromatic heterocycles. The van der Waals surface area contributed by atoms with Gasteiger partial charge in [0.25, 0.3) is 0 Å². The van der Waals surface area contributed by atoms with Crippen LogP contribution in [-0.4, -0.2) is 51.2 Å². The maximum absolute atomic E-state index is 9.32. The van der Waals surface area contributed by atoms with Gasteiger partial charge in [0, 0.05) is 12.3 Å². The number of hydrogen-bond donors (Lipinski definition) is 4. The van der Waals surface area contributed by atoms with Crippen LogP contribution in [-0.2, 0) is 4.84 Å². The van der Waals surface area contributed by atoms with Crippen LogP contribution in [0.1, 0.15) is 5.69 Å². The molecule has 0 saturated heterocycles. The average Bonchev–Trinajstić information content (AvgIpc) is 2.93. The van der Waals surface area contributed by atoms with Crippen LogP contribution < -0.4 is 11.1 Å². The second-order valence-electron chi connectivity index (χ2n) is 3.16. The summed E-state index contributed by atoms with van der Waals surface area (Å²) < 4.78 is 4.57. The fourth-order valence-electron chi connectivity index (χ4n) is 1.05. The van der Waals surface area contributed by atoms with Crippen molar-refractivity contribution in [3.63, 3.8) is 0 Å². The third-order valence-corrected chi connectivity index (χ3v) is 2.96. The van der Waals surface area contributed by atoms with E-state index >= 15 is 0 Å². The zero-order chi connectivity index (χ0) is 12.3. The predicted octanol–water partition coefficient (Wildman–Crippen LogP) is -1.96. The van der Waals surface area contributed by atoms with Gasteiger partial charge in [-0.1, -0.05) is 16.9 Å². The van der Waals surface area contributed by atoms with Crippen LogP contribution >= 0.6 is 11.8 Å². The van der Waals surface area contributed by atoms with E-state index in [1.807, 2.05) is 0 Å². The zero-order valence-corrected chi connectivity index (χ0v) is 9.42. The van der Waals surface area contributed by atoms with Crippen molar-refractivity contribution in [1.29, 1.82) is 0 Å². The summed E-state index contributed by atoms with van der Waals surface area (Å²) >= 11 is 1.22. The number of thioether (sulfide) groups is 1. The molecule has 0 radical (unpaired) electrons. The zero-order valence-electron chi connectivity index (χ0n) is 8.61. The minimum absolute atomic E-state index is 0.161. The highest BCUT2D eigenvalue weighted by Gasteiger charge is 2.25. The van der Waals surface area contributed by atoms with Gasteiger partial charge in [-0.15, -0.1) is 0 Å². The van der Waals surface area contributed by atoms with Gasteiger partial charge in [0.1, 0.15) is 0 Å². The van der Waals surface area contributed by atoms with Crippen LogP contribution in [0.5, 0.6) is 0 Å². The van der Waals surface area contributed by atoms with Crippen molar-refractivity contribution in [1.82, 2.24) is 15.6 Å². The first-order valence-electron chi connectivity index (χ1n) is 4.73. The highest BCUT2D eigenvalue weighted by atomic mass is 32.2.